The van der Waals surface area contributed by atoms with Crippen molar-refractivity contribution in [2.75, 3.05) is 42.5 Å². The van der Waals surface area contributed by atoms with Gasteiger partial charge in [0.25, 0.3) is 5.91 Å². The highest BCUT2D eigenvalue weighted by molar-refractivity contribution is 5.92. The van der Waals surface area contributed by atoms with Crippen LogP contribution in [0.5, 0.6) is 0 Å². The van der Waals surface area contributed by atoms with E-state index in [1.165, 1.54) is 12.1 Å². The molecule has 0 spiro atoms. The molecular formula is C22H29N5O. The Kier molecular flexibility index (Phi) is 5.74. The van der Waals surface area contributed by atoms with Crippen molar-refractivity contribution in [3.8, 4) is 0 Å². The Morgan fingerprint density at radius 2 is 1.71 bits per heavy atom. The van der Waals surface area contributed by atoms with Crippen LogP contribution in [0.4, 0.5) is 11.5 Å². The molecule has 6 nitrogen and oxygen atoms in total. The van der Waals surface area contributed by atoms with Crippen LogP contribution < -0.4 is 9.80 Å². The molecule has 1 aromatic carbocycles. The number of nitrogens with zero attached hydrogens (tertiary/aromatic N) is 5. The van der Waals surface area contributed by atoms with Crippen LogP contribution in [0.25, 0.3) is 0 Å². The van der Waals surface area contributed by atoms with E-state index in [1.54, 1.807) is 12.4 Å². The van der Waals surface area contributed by atoms with Crippen molar-refractivity contribution in [2.45, 2.75) is 38.6 Å². The monoisotopic (exact) mass is 379 g/mol. The molecule has 28 heavy (non-hydrogen) atoms. The van der Waals surface area contributed by atoms with Gasteiger partial charge < -0.3 is 14.7 Å². The molecule has 1 aromatic heterocycles. The molecule has 148 valence electrons. The molecule has 2 aliphatic heterocycles. The summed E-state index contributed by atoms with van der Waals surface area (Å²) in [6.07, 6.45) is 7.81. The average Bonchev–Trinajstić information content (AvgIpc) is 2.79. The number of piperazine rings is 1. The highest BCUT2D eigenvalue weighted by atomic mass is 16.2. The van der Waals surface area contributed by atoms with Crippen LogP contribution in [0.15, 0.2) is 42.7 Å². The van der Waals surface area contributed by atoms with Gasteiger partial charge in [-0.3, -0.25) is 4.79 Å². The number of anilines is 2. The summed E-state index contributed by atoms with van der Waals surface area (Å²) in [5.41, 5.74) is 1.73. The molecule has 2 saturated heterocycles. The number of piperidine rings is 1. The Labute approximate surface area is 167 Å². The fourth-order valence-electron chi connectivity index (χ4n) is 4.27. The minimum absolute atomic E-state index is 0.0273. The first-order valence-electron chi connectivity index (χ1n) is 10.4. The summed E-state index contributed by atoms with van der Waals surface area (Å²) in [5, 5.41) is 0. The molecule has 3 heterocycles. The molecule has 2 aliphatic rings. The highest BCUT2D eigenvalue weighted by Crippen LogP contribution is 2.22. The van der Waals surface area contributed by atoms with Crippen LogP contribution in [-0.4, -0.2) is 59.5 Å². The van der Waals surface area contributed by atoms with E-state index < -0.39 is 0 Å². The Bertz CT molecular complexity index is 771. The van der Waals surface area contributed by atoms with Gasteiger partial charge in [0, 0.05) is 44.5 Å². The van der Waals surface area contributed by atoms with Gasteiger partial charge in [0.15, 0.2) is 0 Å². The molecule has 4 rings (SSSR count). The van der Waals surface area contributed by atoms with Gasteiger partial charge in [-0.15, -0.1) is 0 Å². The molecule has 1 atom stereocenters. The third-order valence-electron chi connectivity index (χ3n) is 5.94. The van der Waals surface area contributed by atoms with E-state index in [2.05, 4.69) is 51.0 Å². The zero-order valence-corrected chi connectivity index (χ0v) is 16.6. The quantitative estimate of drug-likeness (QED) is 0.816. The average molecular weight is 380 g/mol. The lowest BCUT2D eigenvalue weighted by molar-refractivity contribution is 0.0601. The number of rotatable bonds is 4. The maximum absolute atomic E-state index is 12.9. The Hall–Kier alpha value is -2.63. The molecule has 1 amide bonds. The Morgan fingerprint density at radius 1 is 0.964 bits per heavy atom. The fraction of sp³-hybridized carbons (Fsp3) is 0.500. The molecule has 2 aromatic rings. The predicted octanol–water partition coefficient (Wildman–Crippen LogP) is 3.21. The molecule has 0 bridgehead atoms. The van der Waals surface area contributed by atoms with E-state index in [0.29, 0.717) is 11.7 Å². The van der Waals surface area contributed by atoms with Crippen molar-refractivity contribution < 1.29 is 4.79 Å². The van der Waals surface area contributed by atoms with Crippen LogP contribution in [-0.2, 0) is 0 Å². The molecule has 1 unspecified atom stereocenters. The number of hydrogen-bond acceptors (Lipinski definition) is 5. The lowest BCUT2D eigenvalue weighted by Gasteiger charge is -2.36. The molecule has 0 N–H and O–H groups in total. The highest BCUT2D eigenvalue weighted by Gasteiger charge is 2.27. The van der Waals surface area contributed by atoms with Crippen LogP contribution in [0.2, 0.25) is 0 Å². The van der Waals surface area contributed by atoms with Crippen molar-refractivity contribution in [3.05, 3.63) is 48.4 Å². The molecule has 0 aliphatic carbocycles. The van der Waals surface area contributed by atoms with Gasteiger partial charge in [-0.05, 0) is 37.8 Å². The number of carbonyl (C=O) groups is 1. The van der Waals surface area contributed by atoms with E-state index in [0.717, 1.165) is 57.8 Å². The van der Waals surface area contributed by atoms with Crippen LogP contribution in [0, 0.1) is 0 Å². The van der Waals surface area contributed by atoms with Crippen LogP contribution in [0.3, 0.4) is 0 Å². The van der Waals surface area contributed by atoms with E-state index in [9.17, 15) is 4.79 Å². The number of para-hydroxylation sites is 1. The predicted molar refractivity (Wildman–Crippen MR) is 112 cm³/mol. The molecule has 0 radical (unpaired) electrons. The number of carbonyl (C=O) groups excluding carboxylic acids is 1. The van der Waals surface area contributed by atoms with E-state index in [-0.39, 0.29) is 5.91 Å². The summed E-state index contributed by atoms with van der Waals surface area (Å²) in [5.74, 6) is 0.884. The van der Waals surface area contributed by atoms with Gasteiger partial charge in [-0.2, -0.15) is 0 Å². The third-order valence-corrected chi connectivity index (χ3v) is 5.94. The van der Waals surface area contributed by atoms with Gasteiger partial charge in [0.05, 0.1) is 12.4 Å². The van der Waals surface area contributed by atoms with Crippen molar-refractivity contribution in [1.82, 2.24) is 14.9 Å². The second-order valence-corrected chi connectivity index (χ2v) is 7.63. The standard InChI is InChI=1S/C22H29N5O/c1-2-18-8-6-7-11-27(18)22(28)20-16-24-21(17-23-20)26-14-12-25(13-15-26)19-9-4-3-5-10-19/h3-5,9-10,16-18H,2,6-8,11-15H2,1H3. The van der Waals surface area contributed by atoms with Crippen molar-refractivity contribution >= 4 is 17.4 Å². The van der Waals surface area contributed by atoms with Gasteiger partial charge >= 0.3 is 0 Å². The van der Waals surface area contributed by atoms with Gasteiger partial charge in [-0.1, -0.05) is 25.1 Å². The number of hydrogen-bond donors (Lipinski definition) is 0. The number of likely N-dealkylation sites (tertiary alicyclic amines) is 1. The normalized spacial score (nSPS) is 20.3. The van der Waals surface area contributed by atoms with Gasteiger partial charge in [0.2, 0.25) is 0 Å². The first-order valence-corrected chi connectivity index (χ1v) is 10.4. The molecule has 6 heteroatoms. The number of amides is 1. The first kappa shape index (κ1) is 18.7. The molecule has 2 fully saturated rings. The summed E-state index contributed by atoms with van der Waals surface area (Å²) >= 11 is 0. The SMILES string of the molecule is CCC1CCCCN1C(=O)c1cnc(N2CCN(c3ccccc3)CC2)cn1. The van der Waals surface area contributed by atoms with Crippen molar-refractivity contribution in [3.63, 3.8) is 0 Å². The zero-order chi connectivity index (χ0) is 19.3. The maximum Gasteiger partial charge on any atom is 0.274 e. The van der Waals surface area contributed by atoms with E-state index in [4.69, 9.17) is 0 Å². The van der Waals surface area contributed by atoms with Gasteiger partial charge in [0.1, 0.15) is 11.5 Å². The van der Waals surface area contributed by atoms with Gasteiger partial charge in [-0.25, -0.2) is 9.97 Å². The molecular weight excluding hydrogens is 350 g/mol. The second kappa shape index (κ2) is 8.59. The lowest BCUT2D eigenvalue weighted by Crippen LogP contribution is -2.47. The smallest absolute Gasteiger partial charge is 0.274 e. The lowest BCUT2D eigenvalue weighted by atomic mass is 10.00. The van der Waals surface area contributed by atoms with Crippen LogP contribution >= 0.6 is 0 Å². The van der Waals surface area contributed by atoms with Crippen molar-refractivity contribution in [1.29, 1.82) is 0 Å². The van der Waals surface area contributed by atoms with E-state index in [1.807, 2.05) is 11.0 Å². The zero-order valence-electron chi connectivity index (χ0n) is 16.6. The van der Waals surface area contributed by atoms with Crippen LogP contribution in [0.1, 0.15) is 43.1 Å². The summed E-state index contributed by atoms with van der Waals surface area (Å²) < 4.78 is 0. The minimum atomic E-state index is 0.0273. The third kappa shape index (κ3) is 3.96. The Balaban J connectivity index is 1.38. The Morgan fingerprint density at radius 3 is 2.39 bits per heavy atom. The second-order valence-electron chi connectivity index (χ2n) is 7.63. The maximum atomic E-state index is 12.9. The largest absolute Gasteiger partial charge is 0.368 e. The molecule has 0 saturated carbocycles. The summed E-state index contributed by atoms with van der Waals surface area (Å²) in [7, 11) is 0. The van der Waals surface area contributed by atoms with E-state index >= 15 is 0 Å². The minimum Gasteiger partial charge on any atom is -0.368 e. The fourth-order valence-corrected chi connectivity index (χ4v) is 4.27. The summed E-state index contributed by atoms with van der Waals surface area (Å²) in [4.78, 5) is 28.5. The summed E-state index contributed by atoms with van der Waals surface area (Å²) in [6, 6.07) is 10.8. The van der Waals surface area contributed by atoms with Crippen molar-refractivity contribution in [2.24, 2.45) is 0 Å². The first-order chi connectivity index (χ1) is 13.8. The number of aromatic nitrogens is 2. The number of benzene rings is 1. The summed E-state index contributed by atoms with van der Waals surface area (Å²) in [6.45, 7) is 6.71. The topological polar surface area (TPSA) is 52.6 Å².